The van der Waals surface area contributed by atoms with E-state index in [-0.39, 0.29) is 11.6 Å². The Bertz CT molecular complexity index is 533. The molecule has 5 heteroatoms. The maximum absolute atomic E-state index is 13.2. The van der Waals surface area contributed by atoms with Crippen LogP contribution in [0.15, 0.2) is 30.4 Å². The highest BCUT2D eigenvalue weighted by atomic mass is 19.1. The Balaban J connectivity index is 2.02. The molecule has 0 saturated carbocycles. The fraction of sp³-hybridized carbons (Fsp3) is 0.286. The average molecular weight is 263 g/mol. The number of carboxylic acid groups (broad SMARTS) is 1. The van der Waals surface area contributed by atoms with Gasteiger partial charge in [-0.3, -0.25) is 9.59 Å². The standard InChI is InChI=1S/C14H14FNO3/c1-8-4-10(6-11(15)5-8)13(17)16-12-3-2-9(7-12)14(18)19/h2-6,9,12H,7H2,1H3,(H,16,17)(H,18,19). The molecule has 1 aliphatic rings. The van der Waals surface area contributed by atoms with Gasteiger partial charge in [0.15, 0.2) is 0 Å². The molecule has 2 rings (SSSR count). The number of rotatable bonds is 3. The van der Waals surface area contributed by atoms with Crippen LogP contribution >= 0.6 is 0 Å². The number of hydrogen-bond acceptors (Lipinski definition) is 2. The van der Waals surface area contributed by atoms with E-state index in [0.29, 0.717) is 12.0 Å². The van der Waals surface area contributed by atoms with Crippen LogP contribution in [0.25, 0.3) is 0 Å². The van der Waals surface area contributed by atoms with Crippen LogP contribution in [0.3, 0.4) is 0 Å². The minimum Gasteiger partial charge on any atom is -0.481 e. The normalized spacial score (nSPS) is 21.4. The summed E-state index contributed by atoms with van der Waals surface area (Å²) in [6.45, 7) is 1.70. The second-order valence-corrected chi connectivity index (χ2v) is 4.66. The molecular formula is C14H14FNO3. The first kappa shape index (κ1) is 13.3. The Morgan fingerprint density at radius 2 is 2.05 bits per heavy atom. The summed E-state index contributed by atoms with van der Waals surface area (Å²) < 4.78 is 13.2. The third-order valence-electron chi connectivity index (χ3n) is 3.02. The van der Waals surface area contributed by atoms with Crippen molar-refractivity contribution < 1.29 is 19.1 Å². The van der Waals surface area contributed by atoms with Crippen molar-refractivity contribution in [3.05, 3.63) is 47.3 Å². The first-order valence-electron chi connectivity index (χ1n) is 5.95. The number of nitrogens with one attached hydrogen (secondary N) is 1. The van der Waals surface area contributed by atoms with Gasteiger partial charge in [-0.1, -0.05) is 12.2 Å². The Morgan fingerprint density at radius 3 is 2.63 bits per heavy atom. The molecular weight excluding hydrogens is 249 g/mol. The Hall–Kier alpha value is -2.17. The van der Waals surface area contributed by atoms with Gasteiger partial charge in [-0.05, 0) is 37.1 Å². The smallest absolute Gasteiger partial charge is 0.310 e. The van der Waals surface area contributed by atoms with Crippen molar-refractivity contribution >= 4 is 11.9 Å². The first-order valence-corrected chi connectivity index (χ1v) is 5.95. The van der Waals surface area contributed by atoms with Crippen molar-refractivity contribution in [1.29, 1.82) is 0 Å². The van der Waals surface area contributed by atoms with E-state index < -0.39 is 23.6 Å². The summed E-state index contributed by atoms with van der Waals surface area (Å²) in [4.78, 5) is 22.7. The van der Waals surface area contributed by atoms with Gasteiger partial charge in [-0.15, -0.1) is 0 Å². The molecule has 2 atom stereocenters. The Kier molecular flexibility index (Phi) is 3.64. The molecule has 0 heterocycles. The number of amides is 1. The molecule has 1 amide bonds. The Morgan fingerprint density at radius 1 is 1.32 bits per heavy atom. The summed E-state index contributed by atoms with van der Waals surface area (Å²) >= 11 is 0. The van der Waals surface area contributed by atoms with Crippen LogP contribution < -0.4 is 5.32 Å². The average Bonchev–Trinajstić information content (AvgIpc) is 2.76. The van der Waals surface area contributed by atoms with E-state index in [0.717, 1.165) is 6.07 Å². The third kappa shape index (κ3) is 3.19. The molecule has 2 N–H and O–H groups in total. The van der Waals surface area contributed by atoms with Crippen LogP contribution in [-0.2, 0) is 4.79 Å². The van der Waals surface area contributed by atoms with Gasteiger partial charge < -0.3 is 10.4 Å². The minimum absolute atomic E-state index is 0.240. The fourth-order valence-electron chi connectivity index (χ4n) is 2.11. The van der Waals surface area contributed by atoms with Crippen LogP contribution in [0.4, 0.5) is 4.39 Å². The van der Waals surface area contributed by atoms with Crippen LogP contribution in [0.1, 0.15) is 22.3 Å². The van der Waals surface area contributed by atoms with E-state index in [9.17, 15) is 14.0 Å². The van der Waals surface area contributed by atoms with Gasteiger partial charge in [0.1, 0.15) is 5.82 Å². The number of halogens is 1. The quantitative estimate of drug-likeness (QED) is 0.818. The number of benzene rings is 1. The van der Waals surface area contributed by atoms with Gasteiger partial charge in [0.2, 0.25) is 0 Å². The molecule has 100 valence electrons. The molecule has 2 unspecified atom stereocenters. The summed E-state index contributed by atoms with van der Waals surface area (Å²) in [6.07, 6.45) is 3.54. The molecule has 0 saturated heterocycles. The van der Waals surface area contributed by atoms with E-state index >= 15 is 0 Å². The summed E-state index contributed by atoms with van der Waals surface area (Å²) in [6, 6.07) is 3.77. The maximum atomic E-state index is 13.2. The predicted octanol–water partition coefficient (Wildman–Crippen LogP) is 1.89. The number of carboxylic acids is 1. The Labute approximate surface area is 109 Å². The molecule has 4 nitrogen and oxygen atoms in total. The van der Waals surface area contributed by atoms with Crippen LogP contribution in [0, 0.1) is 18.7 Å². The summed E-state index contributed by atoms with van der Waals surface area (Å²) in [5, 5.41) is 11.5. The van der Waals surface area contributed by atoms with Crippen molar-refractivity contribution in [2.45, 2.75) is 19.4 Å². The highest BCUT2D eigenvalue weighted by Gasteiger charge is 2.25. The molecule has 0 aromatic heterocycles. The number of hydrogen-bond donors (Lipinski definition) is 2. The van der Waals surface area contributed by atoms with Gasteiger partial charge in [0.25, 0.3) is 5.91 Å². The van der Waals surface area contributed by atoms with Crippen molar-refractivity contribution in [2.24, 2.45) is 5.92 Å². The molecule has 0 bridgehead atoms. The zero-order valence-corrected chi connectivity index (χ0v) is 10.4. The van der Waals surface area contributed by atoms with Gasteiger partial charge in [0.05, 0.1) is 5.92 Å². The number of aryl methyl sites for hydroxylation is 1. The van der Waals surface area contributed by atoms with Gasteiger partial charge in [-0.2, -0.15) is 0 Å². The van der Waals surface area contributed by atoms with Crippen molar-refractivity contribution in [2.75, 3.05) is 0 Å². The first-order chi connectivity index (χ1) is 8.95. The zero-order chi connectivity index (χ0) is 14.0. The summed E-state index contributed by atoms with van der Waals surface area (Å²) in [7, 11) is 0. The van der Waals surface area contributed by atoms with E-state index in [4.69, 9.17) is 5.11 Å². The van der Waals surface area contributed by atoms with Crippen LogP contribution in [-0.4, -0.2) is 23.0 Å². The van der Waals surface area contributed by atoms with E-state index in [2.05, 4.69) is 5.32 Å². The van der Waals surface area contributed by atoms with Crippen LogP contribution in [0.2, 0.25) is 0 Å². The third-order valence-corrected chi connectivity index (χ3v) is 3.02. The van der Waals surface area contributed by atoms with Gasteiger partial charge in [-0.25, -0.2) is 4.39 Å². The van der Waals surface area contributed by atoms with E-state index in [1.54, 1.807) is 25.1 Å². The monoisotopic (exact) mass is 263 g/mol. The molecule has 1 aromatic rings. The molecule has 1 aromatic carbocycles. The predicted molar refractivity (Wildman–Crippen MR) is 67.3 cm³/mol. The highest BCUT2D eigenvalue weighted by Crippen LogP contribution is 2.18. The largest absolute Gasteiger partial charge is 0.481 e. The van der Waals surface area contributed by atoms with Crippen molar-refractivity contribution in [1.82, 2.24) is 5.32 Å². The molecule has 0 radical (unpaired) electrons. The lowest BCUT2D eigenvalue weighted by Crippen LogP contribution is -2.33. The SMILES string of the molecule is Cc1cc(F)cc(C(=O)NC2C=CC(C(=O)O)C2)c1. The number of aliphatic carboxylic acids is 1. The second kappa shape index (κ2) is 5.22. The van der Waals surface area contributed by atoms with Gasteiger partial charge >= 0.3 is 5.97 Å². The van der Waals surface area contributed by atoms with E-state index in [1.807, 2.05) is 0 Å². The zero-order valence-electron chi connectivity index (χ0n) is 10.4. The molecule has 0 aliphatic heterocycles. The van der Waals surface area contributed by atoms with Gasteiger partial charge in [0, 0.05) is 11.6 Å². The maximum Gasteiger partial charge on any atom is 0.310 e. The molecule has 1 aliphatic carbocycles. The lowest BCUT2D eigenvalue weighted by molar-refractivity contribution is -0.140. The topological polar surface area (TPSA) is 66.4 Å². The number of carbonyl (C=O) groups excluding carboxylic acids is 1. The summed E-state index contributed by atoms with van der Waals surface area (Å²) in [5.74, 6) is -2.34. The number of carbonyl (C=O) groups is 2. The summed E-state index contributed by atoms with van der Waals surface area (Å²) in [5.41, 5.74) is 0.903. The fourth-order valence-corrected chi connectivity index (χ4v) is 2.11. The molecule has 0 spiro atoms. The minimum atomic E-state index is -0.908. The van der Waals surface area contributed by atoms with Crippen LogP contribution in [0.5, 0.6) is 0 Å². The van der Waals surface area contributed by atoms with Crippen molar-refractivity contribution in [3.8, 4) is 0 Å². The molecule has 19 heavy (non-hydrogen) atoms. The lowest BCUT2D eigenvalue weighted by Gasteiger charge is -2.12. The van der Waals surface area contributed by atoms with Crippen molar-refractivity contribution in [3.63, 3.8) is 0 Å². The highest BCUT2D eigenvalue weighted by molar-refractivity contribution is 5.94. The lowest BCUT2D eigenvalue weighted by atomic mass is 10.1. The molecule has 0 fully saturated rings. The second-order valence-electron chi connectivity index (χ2n) is 4.66. The van der Waals surface area contributed by atoms with E-state index in [1.165, 1.54) is 6.07 Å².